The fourth-order valence-corrected chi connectivity index (χ4v) is 7.34. The van der Waals surface area contributed by atoms with Crippen molar-refractivity contribution in [3.63, 3.8) is 0 Å². The Kier molecular flexibility index (Phi) is 8.02. The highest BCUT2D eigenvalue weighted by molar-refractivity contribution is 7.87. The van der Waals surface area contributed by atoms with Gasteiger partial charge in [0.25, 0.3) is 0 Å². The summed E-state index contributed by atoms with van der Waals surface area (Å²) in [5.41, 5.74) is 2.95. The van der Waals surface area contributed by atoms with E-state index < -0.39 is 10.1 Å². The van der Waals surface area contributed by atoms with E-state index in [-0.39, 0.29) is 27.2 Å². The molecule has 236 valence electrons. The van der Waals surface area contributed by atoms with E-state index in [0.717, 1.165) is 38.9 Å². The van der Waals surface area contributed by atoms with Gasteiger partial charge in [0.05, 0.1) is 11.1 Å². The molecule has 5 nitrogen and oxygen atoms in total. The minimum Gasteiger partial charge on any atom is -0.507 e. The standard InChI is InChI=1S/C39H38ClNO4S/c1-38(2,3)22-24-12-14-30-25(18-24)20-32(37(42)33(30)23-39(4,5)6)36-35-31(16-17-41-36)29-15-13-27(40)19-26(29)21-34(35)45-46(43,44)28-10-8-7-9-11-28/h7-21,42H,22-23H2,1-6H3. The quantitative estimate of drug-likeness (QED) is 0.143. The summed E-state index contributed by atoms with van der Waals surface area (Å²) in [6, 6.07) is 25.5. The first-order valence-electron chi connectivity index (χ1n) is 15.4. The number of phenolic OH excluding ortho intramolecular Hbond substituents is 1. The summed E-state index contributed by atoms with van der Waals surface area (Å²) in [5.74, 6) is 0.231. The van der Waals surface area contributed by atoms with Gasteiger partial charge in [0.2, 0.25) is 0 Å². The zero-order chi connectivity index (χ0) is 33.0. The van der Waals surface area contributed by atoms with Gasteiger partial charge in [-0.3, -0.25) is 4.98 Å². The number of benzene rings is 5. The number of halogens is 1. The lowest BCUT2D eigenvalue weighted by Crippen LogP contribution is -2.11. The van der Waals surface area contributed by atoms with E-state index in [9.17, 15) is 13.5 Å². The molecule has 0 bridgehead atoms. The molecule has 0 aliphatic heterocycles. The average molecular weight is 652 g/mol. The Balaban J connectivity index is 1.68. The van der Waals surface area contributed by atoms with Crippen molar-refractivity contribution < 1.29 is 17.7 Å². The molecule has 0 saturated heterocycles. The van der Waals surface area contributed by atoms with E-state index in [2.05, 4.69) is 59.7 Å². The first-order chi connectivity index (χ1) is 21.6. The third-order valence-corrected chi connectivity index (χ3v) is 9.48. The van der Waals surface area contributed by atoms with Crippen molar-refractivity contribution in [2.45, 2.75) is 59.3 Å². The maximum atomic E-state index is 13.6. The highest BCUT2D eigenvalue weighted by atomic mass is 35.5. The van der Waals surface area contributed by atoms with E-state index in [1.54, 1.807) is 42.6 Å². The zero-order valence-corrected chi connectivity index (χ0v) is 28.6. The van der Waals surface area contributed by atoms with Gasteiger partial charge in [0, 0.05) is 22.3 Å². The predicted molar refractivity (Wildman–Crippen MR) is 189 cm³/mol. The molecule has 0 fully saturated rings. The van der Waals surface area contributed by atoms with E-state index in [1.807, 2.05) is 18.2 Å². The monoisotopic (exact) mass is 651 g/mol. The minimum atomic E-state index is -4.21. The van der Waals surface area contributed by atoms with Crippen LogP contribution in [0, 0.1) is 10.8 Å². The van der Waals surface area contributed by atoms with Crippen LogP contribution >= 0.6 is 11.6 Å². The van der Waals surface area contributed by atoms with E-state index >= 15 is 0 Å². The first-order valence-corrected chi connectivity index (χ1v) is 17.2. The summed E-state index contributed by atoms with van der Waals surface area (Å²) >= 11 is 6.37. The molecule has 1 aromatic heterocycles. The van der Waals surface area contributed by atoms with Crippen LogP contribution in [0.4, 0.5) is 0 Å². The summed E-state index contributed by atoms with van der Waals surface area (Å²) in [5, 5.41) is 17.3. The smallest absolute Gasteiger partial charge is 0.339 e. The van der Waals surface area contributed by atoms with E-state index in [4.69, 9.17) is 20.8 Å². The van der Waals surface area contributed by atoms with Crippen molar-refractivity contribution in [1.29, 1.82) is 0 Å². The van der Waals surface area contributed by atoms with Gasteiger partial charge in [0.15, 0.2) is 5.75 Å². The lowest BCUT2D eigenvalue weighted by atomic mass is 9.82. The number of rotatable bonds is 6. The number of fused-ring (bicyclic) bond motifs is 4. The van der Waals surface area contributed by atoms with Crippen molar-refractivity contribution >= 4 is 54.0 Å². The van der Waals surface area contributed by atoms with Crippen LogP contribution in [-0.4, -0.2) is 18.5 Å². The molecule has 46 heavy (non-hydrogen) atoms. The van der Waals surface area contributed by atoms with Crippen LogP contribution in [0.1, 0.15) is 52.7 Å². The van der Waals surface area contributed by atoms with Crippen molar-refractivity contribution in [3.05, 3.63) is 107 Å². The number of nitrogens with zero attached hydrogens (tertiary/aromatic N) is 1. The number of phenols is 1. The molecule has 0 spiro atoms. The number of pyridine rings is 1. The van der Waals surface area contributed by atoms with Gasteiger partial charge >= 0.3 is 10.1 Å². The maximum absolute atomic E-state index is 13.6. The zero-order valence-electron chi connectivity index (χ0n) is 27.0. The fourth-order valence-electron chi connectivity index (χ4n) is 6.20. The van der Waals surface area contributed by atoms with Crippen molar-refractivity contribution in [2.24, 2.45) is 10.8 Å². The molecule has 0 unspecified atom stereocenters. The van der Waals surface area contributed by atoms with Gasteiger partial charge in [-0.05, 0) is 98.6 Å². The number of aromatic nitrogens is 1. The number of hydrogen-bond acceptors (Lipinski definition) is 5. The molecule has 0 aliphatic carbocycles. The Morgan fingerprint density at radius 1 is 0.761 bits per heavy atom. The lowest BCUT2D eigenvalue weighted by molar-refractivity contribution is 0.397. The second kappa shape index (κ2) is 11.6. The normalized spacial score (nSPS) is 12.7. The van der Waals surface area contributed by atoms with Crippen LogP contribution in [0.25, 0.3) is 43.6 Å². The largest absolute Gasteiger partial charge is 0.507 e. The van der Waals surface area contributed by atoms with Gasteiger partial charge in [0.1, 0.15) is 10.6 Å². The first kappa shape index (κ1) is 31.8. The third-order valence-electron chi connectivity index (χ3n) is 8.00. The Labute approximate surface area is 276 Å². The second-order valence-electron chi connectivity index (χ2n) is 14.5. The molecule has 6 rings (SSSR count). The summed E-state index contributed by atoms with van der Waals surface area (Å²) in [7, 11) is -4.21. The molecule has 7 heteroatoms. The van der Waals surface area contributed by atoms with Crippen LogP contribution in [0.15, 0.2) is 96.0 Å². The molecular weight excluding hydrogens is 614 g/mol. The molecule has 0 amide bonds. The van der Waals surface area contributed by atoms with Gasteiger partial charge in [-0.25, -0.2) is 0 Å². The highest BCUT2D eigenvalue weighted by Crippen LogP contribution is 2.46. The van der Waals surface area contributed by atoms with E-state index in [1.165, 1.54) is 17.7 Å². The Bertz CT molecular complexity index is 2230. The molecule has 6 aromatic rings. The van der Waals surface area contributed by atoms with Crippen LogP contribution in [0.3, 0.4) is 0 Å². The molecule has 0 atom stereocenters. The molecule has 0 radical (unpaired) electrons. The lowest BCUT2D eigenvalue weighted by Gasteiger charge is -2.23. The Morgan fingerprint density at radius 2 is 1.43 bits per heavy atom. The van der Waals surface area contributed by atoms with Gasteiger partial charge in [-0.15, -0.1) is 0 Å². The second-order valence-corrected chi connectivity index (χ2v) is 16.4. The molecule has 0 aliphatic rings. The van der Waals surface area contributed by atoms with Crippen molar-refractivity contribution in [2.75, 3.05) is 0 Å². The fraction of sp³-hybridized carbons (Fsp3) is 0.256. The van der Waals surface area contributed by atoms with Gasteiger partial charge in [-0.1, -0.05) is 95.6 Å². The maximum Gasteiger partial charge on any atom is 0.339 e. The minimum absolute atomic E-state index is 0.0344. The molecular formula is C39H38ClNO4S. The summed E-state index contributed by atoms with van der Waals surface area (Å²) < 4.78 is 33.1. The topological polar surface area (TPSA) is 76.5 Å². The molecule has 1 heterocycles. The van der Waals surface area contributed by atoms with Crippen LogP contribution in [-0.2, 0) is 23.0 Å². The molecule has 5 aromatic carbocycles. The number of hydrogen-bond donors (Lipinski definition) is 1. The van der Waals surface area contributed by atoms with Crippen LogP contribution in [0.5, 0.6) is 11.5 Å². The van der Waals surface area contributed by atoms with Crippen molar-refractivity contribution in [3.8, 4) is 22.8 Å². The predicted octanol–water partition coefficient (Wildman–Crippen LogP) is 10.5. The Hall–Kier alpha value is -4.13. The van der Waals surface area contributed by atoms with Crippen molar-refractivity contribution in [1.82, 2.24) is 4.98 Å². The third kappa shape index (κ3) is 6.42. The SMILES string of the molecule is CC(C)(C)Cc1ccc2c(CC(C)(C)C)c(O)c(-c3nccc4c3c(OS(=O)(=O)c3ccccc3)cc3cc(Cl)ccc34)cc2c1. The number of aromatic hydroxyl groups is 1. The van der Waals surface area contributed by atoms with Gasteiger partial charge in [-0.2, -0.15) is 8.42 Å². The average Bonchev–Trinajstić information content (AvgIpc) is 2.97. The Morgan fingerprint density at radius 3 is 2.13 bits per heavy atom. The van der Waals surface area contributed by atoms with Crippen LogP contribution < -0.4 is 4.18 Å². The summed E-state index contributed by atoms with van der Waals surface area (Å²) in [6.45, 7) is 13.1. The molecule has 1 N–H and O–H groups in total. The summed E-state index contributed by atoms with van der Waals surface area (Å²) in [4.78, 5) is 4.83. The van der Waals surface area contributed by atoms with Gasteiger partial charge < -0.3 is 9.29 Å². The van der Waals surface area contributed by atoms with E-state index in [0.29, 0.717) is 28.1 Å². The molecule has 0 saturated carbocycles. The highest BCUT2D eigenvalue weighted by Gasteiger charge is 2.26. The summed E-state index contributed by atoms with van der Waals surface area (Å²) in [6.07, 6.45) is 3.20. The van der Waals surface area contributed by atoms with Crippen LogP contribution in [0.2, 0.25) is 5.02 Å².